The molecule has 7 heteroatoms. The van der Waals surface area contributed by atoms with E-state index in [9.17, 15) is 9.50 Å². The molecule has 0 amide bonds. The number of hydrogen-bond acceptors (Lipinski definition) is 6. The van der Waals surface area contributed by atoms with E-state index in [1.54, 1.807) is 25.3 Å². The lowest BCUT2D eigenvalue weighted by Crippen LogP contribution is -2.43. The van der Waals surface area contributed by atoms with Gasteiger partial charge in [0.1, 0.15) is 23.8 Å². The number of ether oxygens (including phenoxy) is 2. The highest BCUT2D eigenvalue weighted by atomic mass is 19.1. The molecule has 1 saturated heterocycles. The van der Waals surface area contributed by atoms with Gasteiger partial charge in [0, 0.05) is 43.1 Å². The van der Waals surface area contributed by atoms with Crippen molar-refractivity contribution >= 4 is 0 Å². The van der Waals surface area contributed by atoms with Gasteiger partial charge >= 0.3 is 0 Å². The first-order chi connectivity index (χ1) is 16.6. The first kappa shape index (κ1) is 27.2. The largest absolute Gasteiger partial charge is 0.488 e. The van der Waals surface area contributed by atoms with Gasteiger partial charge in [0.25, 0.3) is 0 Å². The van der Waals surface area contributed by atoms with E-state index in [1.807, 2.05) is 49.2 Å². The summed E-state index contributed by atoms with van der Waals surface area (Å²) in [6.07, 6.45) is 3.86. The predicted molar refractivity (Wildman–Crippen MR) is 133 cm³/mol. The molecule has 0 aliphatic carbocycles. The standard InChI is InChI=1S/C24H25FN2O3.C2H6.CH4O/c1-17(28)24-26-11-13-27(24)12-2-3-18-4-6-19(7-5-18)22-9-8-20(15-23(22)25)30-21-10-14-29-16-21;2*1-2/h4-9,11,13,15,17,21,24,26,28H,10,12,14,16H2,1H3;1-2H3;2H,1H3/t17?,21-,24?;;/m0../s1. The molecular formula is C27H35FN2O4. The topological polar surface area (TPSA) is 74.2 Å². The van der Waals surface area contributed by atoms with Crippen LogP contribution in [0.25, 0.3) is 11.1 Å². The Morgan fingerprint density at radius 2 is 1.94 bits per heavy atom. The van der Waals surface area contributed by atoms with Crippen molar-refractivity contribution in [3.05, 3.63) is 66.2 Å². The molecule has 2 aliphatic heterocycles. The van der Waals surface area contributed by atoms with Gasteiger partial charge in [0.2, 0.25) is 0 Å². The lowest BCUT2D eigenvalue weighted by atomic mass is 10.0. The van der Waals surface area contributed by atoms with Gasteiger partial charge in [0.15, 0.2) is 0 Å². The summed E-state index contributed by atoms with van der Waals surface area (Å²) in [6.45, 7) is 7.48. The molecule has 4 rings (SSSR count). The van der Waals surface area contributed by atoms with Gasteiger partial charge in [-0.3, -0.25) is 0 Å². The highest BCUT2D eigenvalue weighted by Crippen LogP contribution is 2.27. The summed E-state index contributed by atoms with van der Waals surface area (Å²) in [6, 6.07) is 12.5. The van der Waals surface area contributed by atoms with Gasteiger partial charge in [0.05, 0.1) is 25.9 Å². The molecule has 0 saturated carbocycles. The second-order valence-electron chi connectivity index (χ2n) is 7.46. The minimum absolute atomic E-state index is 0.00388. The Labute approximate surface area is 202 Å². The van der Waals surface area contributed by atoms with Crippen LogP contribution in [0, 0.1) is 17.7 Å². The lowest BCUT2D eigenvalue weighted by Gasteiger charge is -2.25. The summed E-state index contributed by atoms with van der Waals surface area (Å²) in [7, 11) is 1.00. The fourth-order valence-corrected chi connectivity index (χ4v) is 3.56. The summed E-state index contributed by atoms with van der Waals surface area (Å²) in [5.74, 6) is 6.43. The molecule has 6 nitrogen and oxygen atoms in total. The smallest absolute Gasteiger partial charge is 0.134 e. The normalized spacial score (nSPS) is 19.0. The van der Waals surface area contributed by atoms with E-state index >= 15 is 0 Å². The molecular weight excluding hydrogens is 435 g/mol. The fraction of sp³-hybridized carbons (Fsp3) is 0.407. The summed E-state index contributed by atoms with van der Waals surface area (Å²) >= 11 is 0. The maximum atomic E-state index is 14.6. The van der Waals surface area contributed by atoms with Crippen molar-refractivity contribution in [2.24, 2.45) is 0 Å². The van der Waals surface area contributed by atoms with E-state index in [4.69, 9.17) is 14.6 Å². The van der Waals surface area contributed by atoms with Crippen molar-refractivity contribution in [1.29, 1.82) is 0 Å². The predicted octanol–water partition coefficient (Wildman–Crippen LogP) is 3.73. The van der Waals surface area contributed by atoms with E-state index in [0.29, 0.717) is 31.1 Å². The molecule has 3 atom stereocenters. The first-order valence-corrected chi connectivity index (χ1v) is 11.5. The molecule has 184 valence electrons. The van der Waals surface area contributed by atoms with Gasteiger partial charge < -0.3 is 29.9 Å². The fourth-order valence-electron chi connectivity index (χ4n) is 3.56. The van der Waals surface area contributed by atoms with Crippen molar-refractivity contribution in [2.75, 3.05) is 26.9 Å². The summed E-state index contributed by atoms with van der Waals surface area (Å²) in [4.78, 5) is 1.95. The van der Waals surface area contributed by atoms with Crippen LogP contribution in [0.4, 0.5) is 4.39 Å². The van der Waals surface area contributed by atoms with Crippen LogP contribution >= 0.6 is 0 Å². The minimum Gasteiger partial charge on any atom is -0.488 e. The quantitative estimate of drug-likeness (QED) is 0.579. The molecule has 2 aromatic carbocycles. The van der Waals surface area contributed by atoms with Crippen molar-refractivity contribution < 1.29 is 24.1 Å². The van der Waals surface area contributed by atoms with Crippen LogP contribution in [0.3, 0.4) is 0 Å². The lowest BCUT2D eigenvalue weighted by molar-refractivity contribution is 0.0928. The van der Waals surface area contributed by atoms with Gasteiger partial charge in [-0.2, -0.15) is 0 Å². The number of nitrogens with one attached hydrogen (secondary N) is 1. The maximum Gasteiger partial charge on any atom is 0.134 e. The summed E-state index contributed by atoms with van der Waals surface area (Å²) < 4.78 is 25.7. The monoisotopic (exact) mass is 470 g/mol. The Kier molecular flexibility index (Phi) is 11.4. The number of aliphatic hydroxyl groups excluding tert-OH is 2. The molecule has 0 radical (unpaired) electrons. The molecule has 2 aromatic rings. The van der Waals surface area contributed by atoms with Crippen LogP contribution in [0.15, 0.2) is 54.9 Å². The molecule has 3 N–H and O–H groups in total. The Bertz CT molecular complexity index is 961. The summed E-state index contributed by atoms with van der Waals surface area (Å²) in [5.41, 5.74) is 2.16. The average molecular weight is 471 g/mol. The number of benzene rings is 2. The Hall–Kier alpha value is -3.05. The molecule has 0 spiro atoms. The van der Waals surface area contributed by atoms with E-state index in [2.05, 4.69) is 17.2 Å². The molecule has 2 aliphatic rings. The second-order valence-corrected chi connectivity index (χ2v) is 7.46. The van der Waals surface area contributed by atoms with Crippen LogP contribution in [-0.2, 0) is 4.74 Å². The van der Waals surface area contributed by atoms with Crippen LogP contribution in [0.1, 0.15) is 32.8 Å². The SMILES string of the molecule is CC.CC(O)C1NC=CN1CC#Cc1ccc(-c2ccc(O[C@H]3CCOC3)cc2F)cc1.CO. The number of nitrogens with zero attached hydrogens (tertiary/aromatic N) is 1. The van der Waals surface area contributed by atoms with Gasteiger partial charge in [-0.15, -0.1) is 0 Å². The minimum atomic E-state index is -0.501. The molecule has 2 heterocycles. The molecule has 0 aromatic heterocycles. The van der Waals surface area contributed by atoms with Crippen molar-refractivity contribution in [3.8, 4) is 28.7 Å². The zero-order valence-corrected chi connectivity index (χ0v) is 20.3. The molecule has 1 fully saturated rings. The van der Waals surface area contributed by atoms with Crippen LogP contribution in [0.2, 0.25) is 0 Å². The van der Waals surface area contributed by atoms with Gasteiger partial charge in [-0.05, 0) is 36.8 Å². The molecule has 34 heavy (non-hydrogen) atoms. The van der Waals surface area contributed by atoms with E-state index in [1.165, 1.54) is 6.07 Å². The average Bonchev–Trinajstić information content (AvgIpc) is 3.55. The molecule has 0 bridgehead atoms. The highest BCUT2D eigenvalue weighted by molar-refractivity contribution is 5.66. The molecule has 2 unspecified atom stereocenters. The van der Waals surface area contributed by atoms with Crippen LogP contribution in [-0.4, -0.2) is 60.4 Å². The van der Waals surface area contributed by atoms with E-state index in [0.717, 1.165) is 24.7 Å². The second kappa shape index (κ2) is 14.3. The van der Waals surface area contributed by atoms with Crippen molar-refractivity contribution in [1.82, 2.24) is 10.2 Å². The Morgan fingerprint density at radius 1 is 1.21 bits per heavy atom. The third-order valence-corrected chi connectivity index (χ3v) is 5.17. The van der Waals surface area contributed by atoms with E-state index in [-0.39, 0.29) is 18.1 Å². The zero-order chi connectivity index (χ0) is 24.9. The highest BCUT2D eigenvalue weighted by Gasteiger charge is 2.22. The third-order valence-electron chi connectivity index (χ3n) is 5.17. The Morgan fingerprint density at radius 3 is 2.56 bits per heavy atom. The zero-order valence-electron chi connectivity index (χ0n) is 20.3. The third kappa shape index (κ3) is 7.49. The maximum absolute atomic E-state index is 14.6. The van der Waals surface area contributed by atoms with Crippen LogP contribution in [0.5, 0.6) is 5.75 Å². The number of rotatable bonds is 5. The first-order valence-electron chi connectivity index (χ1n) is 11.5. The van der Waals surface area contributed by atoms with Crippen molar-refractivity contribution in [2.45, 2.75) is 45.6 Å². The Balaban J connectivity index is 0.000000970. The van der Waals surface area contributed by atoms with Gasteiger partial charge in [-0.25, -0.2) is 4.39 Å². The van der Waals surface area contributed by atoms with E-state index < -0.39 is 6.10 Å². The van der Waals surface area contributed by atoms with Gasteiger partial charge in [-0.1, -0.05) is 37.8 Å². The number of halogens is 1. The number of hydrogen-bond donors (Lipinski definition) is 3. The van der Waals surface area contributed by atoms with Crippen LogP contribution < -0.4 is 10.1 Å². The number of aliphatic hydroxyl groups is 2. The van der Waals surface area contributed by atoms with Crippen molar-refractivity contribution in [3.63, 3.8) is 0 Å². The summed E-state index contributed by atoms with van der Waals surface area (Å²) in [5, 5.41) is 19.8.